The highest BCUT2D eigenvalue weighted by molar-refractivity contribution is 5.94. The Hall–Kier alpha value is -3.07. The van der Waals surface area contributed by atoms with Crippen molar-refractivity contribution in [1.29, 1.82) is 0 Å². The maximum absolute atomic E-state index is 14.0. The summed E-state index contributed by atoms with van der Waals surface area (Å²) in [5.41, 5.74) is -0.943. The van der Waals surface area contributed by atoms with Crippen LogP contribution < -0.4 is 4.74 Å². The van der Waals surface area contributed by atoms with Gasteiger partial charge in [0.1, 0.15) is 11.4 Å². The zero-order valence-electron chi connectivity index (χ0n) is 25.4. The average molecular weight is 598 g/mol. The number of para-hydroxylation sites is 1. The van der Waals surface area contributed by atoms with E-state index in [1.54, 1.807) is 4.90 Å². The van der Waals surface area contributed by atoms with Crippen LogP contribution in [-0.4, -0.2) is 64.0 Å². The van der Waals surface area contributed by atoms with Gasteiger partial charge in [0.05, 0.1) is 18.1 Å². The molecule has 1 aromatic carbocycles. The van der Waals surface area contributed by atoms with Crippen LogP contribution in [0.3, 0.4) is 0 Å². The fourth-order valence-electron chi connectivity index (χ4n) is 7.42. The smallest absolute Gasteiger partial charge is 0.273 e. The molecule has 2 aliphatic heterocycles. The minimum Gasteiger partial charge on any atom is -0.493 e. The average Bonchev–Trinajstić information content (AvgIpc) is 3.45. The Morgan fingerprint density at radius 1 is 1.09 bits per heavy atom. The van der Waals surface area contributed by atoms with Crippen LogP contribution >= 0.6 is 0 Å². The number of pyridine rings is 1. The molecule has 2 saturated heterocycles. The number of halogens is 2. The molecule has 43 heavy (non-hydrogen) atoms. The quantitative estimate of drug-likeness (QED) is 0.364. The van der Waals surface area contributed by atoms with E-state index in [0.29, 0.717) is 70.0 Å². The molecule has 5 rings (SSSR count). The largest absolute Gasteiger partial charge is 0.493 e. The lowest BCUT2D eigenvalue weighted by molar-refractivity contribution is -0.143. The van der Waals surface area contributed by atoms with E-state index in [0.717, 1.165) is 17.9 Å². The standard InChI is InChI=1S/C34H45F2N3O4/c1-3-8-28-25(10-7-18-39(28)33(41)30-26(31(35)36)9-6-17-37-30)32(40)38-19-15-34(42,16-20-38)27-11-4-5-12-29(27)43-22-24-14-13-23(2)21-24/h4-6,9,11-12,17,23-25,28,31,42H,3,7-8,10,13-16,18-22H2,1-2H3. The molecule has 0 radical (unpaired) electrons. The molecule has 1 aromatic heterocycles. The summed E-state index contributed by atoms with van der Waals surface area (Å²) in [5, 5.41) is 11.8. The van der Waals surface area contributed by atoms with Crippen molar-refractivity contribution in [2.45, 2.75) is 89.7 Å². The molecule has 234 valence electrons. The van der Waals surface area contributed by atoms with E-state index in [9.17, 15) is 23.5 Å². The Bertz CT molecular complexity index is 1270. The van der Waals surface area contributed by atoms with Gasteiger partial charge in [0, 0.05) is 43.0 Å². The molecule has 0 bridgehead atoms. The molecule has 3 heterocycles. The van der Waals surface area contributed by atoms with Crippen molar-refractivity contribution in [3.63, 3.8) is 0 Å². The van der Waals surface area contributed by atoms with Gasteiger partial charge >= 0.3 is 0 Å². The zero-order chi connectivity index (χ0) is 30.6. The van der Waals surface area contributed by atoms with Gasteiger partial charge < -0.3 is 19.6 Å². The zero-order valence-corrected chi connectivity index (χ0v) is 25.4. The molecule has 1 saturated carbocycles. The molecule has 4 unspecified atom stereocenters. The highest BCUT2D eigenvalue weighted by Gasteiger charge is 2.43. The minimum absolute atomic E-state index is 0.0343. The lowest BCUT2D eigenvalue weighted by Crippen LogP contribution is -2.55. The van der Waals surface area contributed by atoms with E-state index >= 15 is 0 Å². The predicted octanol–water partition coefficient (Wildman–Crippen LogP) is 6.37. The number of benzene rings is 1. The number of ether oxygens (including phenoxy) is 1. The van der Waals surface area contributed by atoms with Crippen LogP contribution in [0.25, 0.3) is 0 Å². The molecular weight excluding hydrogens is 552 g/mol. The third kappa shape index (κ3) is 6.87. The van der Waals surface area contributed by atoms with Crippen LogP contribution in [-0.2, 0) is 10.4 Å². The predicted molar refractivity (Wildman–Crippen MR) is 160 cm³/mol. The van der Waals surface area contributed by atoms with Gasteiger partial charge in [-0.25, -0.2) is 8.78 Å². The van der Waals surface area contributed by atoms with E-state index in [4.69, 9.17) is 4.74 Å². The minimum atomic E-state index is -2.81. The van der Waals surface area contributed by atoms with Crippen molar-refractivity contribution in [3.8, 4) is 5.75 Å². The van der Waals surface area contributed by atoms with Crippen molar-refractivity contribution in [1.82, 2.24) is 14.8 Å². The number of carbonyl (C=O) groups excluding carboxylic acids is 2. The van der Waals surface area contributed by atoms with Gasteiger partial charge in [-0.15, -0.1) is 0 Å². The van der Waals surface area contributed by atoms with Gasteiger partial charge in [-0.3, -0.25) is 14.6 Å². The number of hydrogen-bond donors (Lipinski definition) is 1. The number of hydrogen-bond acceptors (Lipinski definition) is 5. The maximum Gasteiger partial charge on any atom is 0.273 e. The van der Waals surface area contributed by atoms with Crippen LogP contribution in [0, 0.1) is 17.8 Å². The fourth-order valence-corrected chi connectivity index (χ4v) is 7.42. The first-order valence-corrected chi connectivity index (χ1v) is 16.0. The Morgan fingerprint density at radius 2 is 1.86 bits per heavy atom. The normalized spacial score (nSPS) is 25.6. The summed E-state index contributed by atoms with van der Waals surface area (Å²) in [6.45, 7) is 6.12. The molecule has 2 aromatic rings. The SMILES string of the molecule is CCCC1C(C(=O)N2CCC(O)(c3ccccc3OCC3CCC(C)C3)CC2)CCCN1C(=O)c1ncccc1C(F)F. The fraction of sp³-hybridized carbons (Fsp3) is 0.618. The molecule has 3 fully saturated rings. The van der Waals surface area contributed by atoms with Crippen molar-refractivity contribution >= 4 is 11.8 Å². The Balaban J connectivity index is 1.26. The number of amides is 2. The van der Waals surface area contributed by atoms with Crippen molar-refractivity contribution in [2.24, 2.45) is 17.8 Å². The third-order valence-corrected chi connectivity index (χ3v) is 9.79. The number of nitrogens with zero attached hydrogens (tertiary/aromatic N) is 3. The summed E-state index contributed by atoms with van der Waals surface area (Å²) in [6.07, 6.45) is 5.48. The first-order valence-electron chi connectivity index (χ1n) is 16.0. The topological polar surface area (TPSA) is 83.0 Å². The van der Waals surface area contributed by atoms with Crippen LogP contribution in [0.4, 0.5) is 8.78 Å². The van der Waals surface area contributed by atoms with E-state index in [1.807, 2.05) is 36.1 Å². The molecule has 9 heteroatoms. The van der Waals surface area contributed by atoms with Gasteiger partial charge in [-0.1, -0.05) is 44.9 Å². The first kappa shape index (κ1) is 31.4. The number of aromatic nitrogens is 1. The number of aliphatic hydroxyl groups is 1. The van der Waals surface area contributed by atoms with E-state index in [2.05, 4.69) is 11.9 Å². The molecule has 3 aliphatic rings. The molecule has 7 nitrogen and oxygen atoms in total. The summed E-state index contributed by atoms with van der Waals surface area (Å²) < 4.78 is 33.6. The summed E-state index contributed by atoms with van der Waals surface area (Å²) in [6, 6.07) is 9.95. The second-order valence-electron chi connectivity index (χ2n) is 12.8. The van der Waals surface area contributed by atoms with Gasteiger partial charge in [0.2, 0.25) is 5.91 Å². The van der Waals surface area contributed by atoms with Crippen molar-refractivity contribution < 1.29 is 28.2 Å². The number of rotatable bonds is 9. The number of likely N-dealkylation sites (tertiary alicyclic amines) is 2. The van der Waals surface area contributed by atoms with Gasteiger partial charge in [0.15, 0.2) is 0 Å². The number of alkyl halides is 2. The van der Waals surface area contributed by atoms with Gasteiger partial charge in [-0.2, -0.15) is 0 Å². The van der Waals surface area contributed by atoms with E-state index in [-0.39, 0.29) is 23.2 Å². The van der Waals surface area contributed by atoms with Crippen molar-refractivity contribution in [3.05, 3.63) is 59.4 Å². The monoisotopic (exact) mass is 597 g/mol. The molecular formula is C34H45F2N3O4. The third-order valence-electron chi connectivity index (χ3n) is 9.79. The van der Waals surface area contributed by atoms with Gasteiger partial charge in [-0.05, 0) is 75.0 Å². The lowest BCUT2D eigenvalue weighted by atomic mass is 9.81. The molecule has 4 atom stereocenters. The molecule has 1 N–H and O–H groups in total. The number of piperidine rings is 2. The van der Waals surface area contributed by atoms with Crippen LogP contribution in [0.15, 0.2) is 42.6 Å². The lowest BCUT2D eigenvalue weighted by Gasteiger charge is -2.45. The summed E-state index contributed by atoms with van der Waals surface area (Å²) in [7, 11) is 0. The highest BCUT2D eigenvalue weighted by Crippen LogP contribution is 2.40. The second kappa shape index (κ2) is 13.7. The molecule has 0 spiro atoms. The molecule has 1 aliphatic carbocycles. The van der Waals surface area contributed by atoms with Crippen LogP contribution in [0.2, 0.25) is 0 Å². The summed E-state index contributed by atoms with van der Waals surface area (Å²) >= 11 is 0. The highest BCUT2D eigenvalue weighted by atomic mass is 19.3. The van der Waals surface area contributed by atoms with E-state index < -0.39 is 23.9 Å². The number of carbonyl (C=O) groups is 2. The van der Waals surface area contributed by atoms with Crippen LogP contribution in [0.1, 0.15) is 99.7 Å². The van der Waals surface area contributed by atoms with Crippen molar-refractivity contribution in [2.75, 3.05) is 26.2 Å². The Morgan fingerprint density at radius 3 is 2.56 bits per heavy atom. The van der Waals surface area contributed by atoms with Crippen LogP contribution in [0.5, 0.6) is 5.75 Å². The first-order chi connectivity index (χ1) is 20.7. The van der Waals surface area contributed by atoms with E-state index in [1.165, 1.54) is 37.6 Å². The summed E-state index contributed by atoms with van der Waals surface area (Å²) in [4.78, 5) is 34.9. The summed E-state index contributed by atoms with van der Waals surface area (Å²) in [5.74, 6) is 0.982. The second-order valence-corrected chi connectivity index (χ2v) is 12.8. The maximum atomic E-state index is 14.0. The Labute approximate surface area is 253 Å². The Kier molecular flexibility index (Phi) is 9.99. The van der Waals surface area contributed by atoms with Gasteiger partial charge in [0.25, 0.3) is 12.3 Å². The molecule has 2 amide bonds.